The molecule has 0 unspecified atom stereocenters. The number of ether oxygens (including phenoxy) is 1. The lowest BCUT2D eigenvalue weighted by atomic mass is 10.3. The van der Waals surface area contributed by atoms with Gasteiger partial charge in [0.2, 0.25) is 5.91 Å². The molecule has 0 saturated carbocycles. The molecule has 1 saturated heterocycles. The topological polar surface area (TPSA) is 53.6 Å². The second-order valence-electron chi connectivity index (χ2n) is 5.26. The monoisotopic (exact) mass is 323 g/mol. The Bertz CT molecular complexity index is 447. The van der Waals surface area contributed by atoms with Gasteiger partial charge in [0.1, 0.15) is 5.75 Å². The SMILES string of the molecule is COc1ccc(SCC(=O)NCCCN2CCNCC2)cc1. The van der Waals surface area contributed by atoms with Crippen LogP contribution in [0, 0.1) is 0 Å². The first-order chi connectivity index (χ1) is 10.8. The number of rotatable bonds is 8. The van der Waals surface area contributed by atoms with Crippen LogP contribution >= 0.6 is 11.8 Å². The number of amides is 1. The molecule has 2 N–H and O–H groups in total. The normalized spacial score (nSPS) is 15.5. The summed E-state index contributed by atoms with van der Waals surface area (Å²) in [5, 5.41) is 6.33. The van der Waals surface area contributed by atoms with Gasteiger partial charge in [-0.25, -0.2) is 0 Å². The van der Waals surface area contributed by atoms with Crippen LogP contribution in [0.4, 0.5) is 0 Å². The molecular weight excluding hydrogens is 298 g/mol. The maximum atomic E-state index is 11.8. The number of thioether (sulfide) groups is 1. The Morgan fingerprint density at radius 1 is 1.32 bits per heavy atom. The highest BCUT2D eigenvalue weighted by atomic mass is 32.2. The molecule has 122 valence electrons. The lowest BCUT2D eigenvalue weighted by Crippen LogP contribution is -2.44. The first-order valence-corrected chi connectivity index (χ1v) is 8.73. The van der Waals surface area contributed by atoms with Crippen molar-refractivity contribution < 1.29 is 9.53 Å². The zero-order chi connectivity index (χ0) is 15.6. The fraction of sp³-hybridized carbons (Fsp3) is 0.562. The summed E-state index contributed by atoms with van der Waals surface area (Å²) in [7, 11) is 1.65. The molecule has 1 aromatic carbocycles. The van der Waals surface area contributed by atoms with Crippen LogP contribution in [0.2, 0.25) is 0 Å². The van der Waals surface area contributed by atoms with Crippen molar-refractivity contribution in [3.63, 3.8) is 0 Å². The lowest BCUT2D eigenvalue weighted by Gasteiger charge is -2.27. The molecule has 1 aliphatic heterocycles. The van der Waals surface area contributed by atoms with Gasteiger partial charge in [0.25, 0.3) is 0 Å². The van der Waals surface area contributed by atoms with E-state index < -0.39 is 0 Å². The molecule has 5 nitrogen and oxygen atoms in total. The third-order valence-corrected chi connectivity index (χ3v) is 4.62. The zero-order valence-corrected chi connectivity index (χ0v) is 14.0. The van der Waals surface area contributed by atoms with Gasteiger partial charge in [-0.05, 0) is 37.2 Å². The van der Waals surface area contributed by atoms with E-state index in [0.717, 1.165) is 56.3 Å². The summed E-state index contributed by atoms with van der Waals surface area (Å²) >= 11 is 1.55. The second kappa shape index (κ2) is 9.71. The van der Waals surface area contributed by atoms with E-state index >= 15 is 0 Å². The summed E-state index contributed by atoms with van der Waals surface area (Å²) in [6.45, 7) is 6.19. The lowest BCUT2D eigenvalue weighted by molar-refractivity contribution is -0.118. The fourth-order valence-electron chi connectivity index (χ4n) is 2.34. The van der Waals surface area contributed by atoms with Crippen LogP contribution in [0.5, 0.6) is 5.75 Å². The molecule has 0 aliphatic carbocycles. The minimum Gasteiger partial charge on any atom is -0.497 e. The Morgan fingerprint density at radius 2 is 2.05 bits per heavy atom. The van der Waals surface area contributed by atoms with Crippen molar-refractivity contribution in [1.82, 2.24) is 15.5 Å². The molecule has 1 fully saturated rings. The first kappa shape index (κ1) is 17.1. The highest BCUT2D eigenvalue weighted by Gasteiger charge is 2.08. The van der Waals surface area contributed by atoms with E-state index in [9.17, 15) is 4.79 Å². The highest BCUT2D eigenvalue weighted by molar-refractivity contribution is 8.00. The minimum absolute atomic E-state index is 0.0983. The van der Waals surface area contributed by atoms with Gasteiger partial charge in [0.15, 0.2) is 0 Å². The molecular formula is C16H25N3O2S. The van der Waals surface area contributed by atoms with Gasteiger partial charge in [-0.3, -0.25) is 4.79 Å². The Kier molecular flexibility index (Phi) is 7.56. The molecule has 0 radical (unpaired) electrons. The first-order valence-electron chi connectivity index (χ1n) is 7.74. The number of nitrogens with one attached hydrogen (secondary N) is 2. The predicted octanol–water partition coefficient (Wildman–Crippen LogP) is 1.20. The molecule has 1 amide bonds. The number of carbonyl (C=O) groups is 1. The Morgan fingerprint density at radius 3 is 2.73 bits per heavy atom. The molecule has 1 aliphatic rings. The van der Waals surface area contributed by atoms with Gasteiger partial charge in [0, 0.05) is 37.6 Å². The zero-order valence-electron chi connectivity index (χ0n) is 13.1. The summed E-state index contributed by atoms with van der Waals surface area (Å²) in [6, 6.07) is 7.77. The largest absolute Gasteiger partial charge is 0.497 e. The molecule has 2 rings (SSSR count). The standard InChI is InChI=1S/C16H25N3O2S/c1-21-14-3-5-15(6-4-14)22-13-16(20)18-7-2-10-19-11-8-17-9-12-19/h3-6,17H,2,7-13H2,1H3,(H,18,20). The molecule has 1 aromatic rings. The minimum atomic E-state index is 0.0983. The van der Waals surface area contributed by atoms with E-state index in [0.29, 0.717) is 5.75 Å². The number of benzene rings is 1. The molecule has 0 spiro atoms. The van der Waals surface area contributed by atoms with Crippen LogP contribution in [0.3, 0.4) is 0 Å². The van der Waals surface area contributed by atoms with Gasteiger partial charge >= 0.3 is 0 Å². The fourth-order valence-corrected chi connectivity index (χ4v) is 3.07. The average molecular weight is 323 g/mol. The number of hydrogen-bond donors (Lipinski definition) is 2. The Hall–Kier alpha value is -1.24. The summed E-state index contributed by atoms with van der Waals surface area (Å²) in [4.78, 5) is 15.3. The molecule has 6 heteroatoms. The third-order valence-electron chi connectivity index (χ3n) is 3.61. The van der Waals surface area contributed by atoms with Crippen molar-refractivity contribution in [2.24, 2.45) is 0 Å². The van der Waals surface area contributed by atoms with E-state index in [1.54, 1.807) is 18.9 Å². The van der Waals surface area contributed by atoms with Gasteiger partial charge in [0.05, 0.1) is 12.9 Å². The van der Waals surface area contributed by atoms with E-state index in [4.69, 9.17) is 4.74 Å². The van der Waals surface area contributed by atoms with Crippen LogP contribution in [0.25, 0.3) is 0 Å². The molecule has 0 bridgehead atoms. The maximum absolute atomic E-state index is 11.8. The van der Waals surface area contributed by atoms with E-state index in [1.165, 1.54) is 0 Å². The number of hydrogen-bond acceptors (Lipinski definition) is 5. The van der Waals surface area contributed by atoms with Gasteiger partial charge in [-0.1, -0.05) is 0 Å². The number of carbonyl (C=O) groups excluding carboxylic acids is 1. The van der Waals surface area contributed by atoms with Crippen molar-refractivity contribution in [2.75, 3.05) is 52.1 Å². The van der Waals surface area contributed by atoms with Crippen molar-refractivity contribution in [2.45, 2.75) is 11.3 Å². The molecule has 1 heterocycles. The van der Waals surface area contributed by atoms with Crippen molar-refractivity contribution in [1.29, 1.82) is 0 Å². The number of piperazine rings is 1. The van der Waals surface area contributed by atoms with Crippen LogP contribution in [-0.2, 0) is 4.79 Å². The number of methoxy groups -OCH3 is 1. The van der Waals surface area contributed by atoms with E-state index in [1.807, 2.05) is 24.3 Å². The molecule has 22 heavy (non-hydrogen) atoms. The van der Waals surface area contributed by atoms with Crippen LogP contribution in [0.1, 0.15) is 6.42 Å². The van der Waals surface area contributed by atoms with Crippen molar-refractivity contribution >= 4 is 17.7 Å². The second-order valence-corrected chi connectivity index (χ2v) is 6.31. The van der Waals surface area contributed by atoms with Crippen molar-refractivity contribution in [3.05, 3.63) is 24.3 Å². The Balaban J connectivity index is 1.55. The average Bonchev–Trinajstić information content (AvgIpc) is 2.58. The summed E-state index contributed by atoms with van der Waals surface area (Å²) in [6.07, 6.45) is 1.01. The molecule has 0 atom stereocenters. The maximum Gasteiger partial charge on any atom is 0.230 e. The van der Waals surface area contributed by atoms with Gasteiger partial charge < -0.3 is 20.3 Å². The number of nitrogens with zero attached hydrogens (tertiary/aromatic N) is 1. The Labute approximate surface area is 136 Å². The van der Waals surface area contributed by atoms with E-state index in [2.05, 4.69) is 15.5 Å². The molecule has 0 aromatic heterocycles. The van der Waals surface area contributed by atoms with Crippen LogP contribution < -0.4 is 15.4 Å². The predicted molar refractivity (Wildman–Crippen MR) is 90.7 cm³/mol. The summed E-state index contributed by atoms with van der Waals surface area (Å²) < 4.78 is 5.11. The highest BCUT2D eigenvalue weighted by Crippen LogP contribution is 2.20. The van der Waals surface area contributed by atoms with Gasteiger partial charge in [-0.2, -0.15) is 0 Å². The third kappa shape index (κ3) is 6.25. The van der Waals surface area contributed by atoms with Crippen molar-refractivity contribution in [3.8, 4) is 5.75 Å². The van der Waals surface area contributed by atoms with Crippen LogP contribution in [-0.4, -0.2) is 62.9 Å². The van der Waals surface area contributed by atoms with Gasteiger partial charge in [-0.15, -0.1) is 11.8 Å². The summed E-state index contributed by atoms with van der Waals surface area (Å²) in [5.74, 6) is 1.39. The summed E-state index contributed by atoms with van der Waals surface area (Å²) in [5.41, 5.74) is 0. The van der Waals surface area contributed by atoms with Crippen LogP contribution in [0.15, 0.2) is 29.2 Å². The smallest absolute Gasteiger partial charge is 0.230 e. The quantitative estimate of drug-likeness (QED) is 0.556. The van der Waals surface area contributed by atoms with E-state index in [-0.39, 0.29) is 5.91 Å².